The number of anilines is 1. The predicted molar refractivity (Wildman–Crippen MR) is 137 cm³/mol. The van der Waals surface area contributed by atoms with Crippen LogP contribution in [0.3, 0.4) is 0 Å². The molecule has 166 valence electrons. The Morgan fingerprint density at radius 3 is 2.33 bits per heavy atom. The summed E-state index contributed by atoms with van der Waals surface area (Å²) in [4.78, 5) is 26.0. The summed E-state index contributed by atoms with van der Waals surface area (Å²) in [5.74, 6) is -0.696. The zero-order valence-electron chi connectivity index (χ0n) is 17.2. The van der Waals surface area contributed by atoms with Gasteiger partial charge in [-0.1, -0.05) is 91.7 Å². The molecule has 3 aromatic carbocycles. The van der Waals surface area contributed by atoms with E-state index in [9.17, 15) is 9.59 Å². The van der Waals surface area contributed by atoms with Crippen LogP contribution in [0.4, 0.5) is 5.13 Å². The fraction of sp³-hybridized carbons (Fsp3) is 0.0833. The van der Waals surface area contributed by atoms with Crippen LogP contribution in [0.1, 0.15) is 15.9 Å². The minimum atomic E-state index is -0.794. The van der Waals surface area contributed by atoms with Gasteiger partial charge in [-0.2, -0.15) is 0 Å². The van der Waals surface area contributed by atoms with E-state index in [1.165, 1.54) is 11.3 Å². The van der Waals surface area contributed by atoms with E-state index in [0.717, 1.165) is 20.1 Å². The maximum atomic E-state index is 13.1. The second-order valence-corrected chi connectivity index (χ2v) is 9.95. The molecule has 4 rings (SSSR count). The van der Waals surface area contributed by atoms with Gasteiger partial charge in [0.05, 0.1) is 0 Å². The fourth-order valence-corrected chi connectivity index (χ4v) is 4.68. The molecule has 1 heterocycles. The molecule has 0 aliphatic carbocycles. The fourth-order valence-electron chi connectivity index (χ4n) is 3.13. The molecule has 9 heteroatoms. The van der Waals surface area contributed by atoms with Crippen molar-refractivity contribution in [3.63, 3.8) is 0 Å². The molecule has 2 amide bonds. The number of carbonyl (C=O) groups is 2. The van der Waals surface area contributed by atoms with Gasteiger partial charge in [0.25, 0.3) is 5.91 Å². The van der Waals surface area contributed by atoms with Crippen molar-refractivity contribution >= 4 is 60.1 Å². The van der Waals surface area contributed by atoms with Crippen molar-refractivity contribution < 1.29 is 9.59 Å². The predicted octanol–water partition coefficient (Wildman–Crippen LogP) is 5.71. The van der Waals surface area contributed by atoms with Crippen LogP contribution in [0.2, 0.25) is 0 Å². The van der Waals surface area contributed by atoms with Gasteiger partial charge < -0.3 is 5.32 Å². The average Bonchev–Trinajstić information content (AvgIpc) is 3.28. The van der Waals surface area contributed by atoms with Crippen molar-refractivity contribution in [3.8, 4) is 10.6 Å². The number of aromatic nitrogens is 2. The van der Waals surface area contributed by atoms with E-state index in [1.54, 1.807) is 18.2 Å². The molecular weight excluding hydrogens is 568 g/mol. The monoisotopic (exact) mass is 584 g/mol. The number of nitrogens with zero attached hydrogens (tertiary/aromatic N) is 2. The van der Waals surface area contributed by atoms with Crippen molar-refractivity contribution in [2.75, 3.05) is 5.32 Å². The maximum absolute atomic E-state index is 13.1. The normalized spacial score (nSPS) is 11.6. The Hall–Kier alpha value is -2.88. The molecule has 1 atom stereocenters. The number of rotatable bonds is 7. The standard InChI is InChI=1S/C24H18Br2N4O2S/c25-18-10-4-8-16(13-18)21(31)27-20(12-15-6-2-1-3-7-15)22(32)28-24-30-29-23(33-24)17-9-5-11-19(26)14-17/h1-11,13-14,20H,12H2,(H,27,31)(H,28,30,32). The van der Waals surface area contributed by atoms with Crippen molar-refractivity contribution in [1.82, 2.24) is 15.5 Å². The Balaban J connectivity index is 1.52. The second-order valence-electron chi connectivity index (χ2n) is 7.14. The first-order valence-corrected chi connectivity index (χ1v) is 12.4. The number of amides is 2. The Morgan fingerprint density at radius 1 is 0.879 bits per heavy atom. The smallest absolute Gasteiger partial charge is 0.251 e. The lowest BCUT2D eigenvalue weighted by Gasteiger charge is -2.18. The van der Waals surface area contributed by atoms with Gasteiger partial charge in [-0.05, 0) is 35.9 Å². The number of hydrogen-bond acceptors (Lipinski definition) is 5. The summed E-state index contributed by atoms with van der Waals surface area (Å²) in [6, 6.07) is 23.5. The third-order valence-corrected chi connectivity index (χ3v) is 6.59. The maximum Gasteiger partial charge on any atom is 0.251 e. The lowest BCUT2D eigenvalue weighted by molar-refractivity contribution is -0.118. The van der Waals surface area contributed by atoms with E-state index < -0.39 is 6.04 Å². The van der Waals surface area contributed by atoms with Gasteiger partial charge in [0.15, 0.2) is 0 Å². The van der Waals surface area contributed by atoms with E-state index in [4.69, 9.17) is 0 Å². The lowest BCUT2D eigenvalue weighted by Crippen LogP contribution is -2.45. The molecule has 0 aliphatic rings. The van der Waals surface area contributed by atoms with Crippen molar-refractivity contribution in [3.05, 3.63) is 98.9 Å². The van der Waals surface area contributed by atoms with E-state index in [0.29, 0.717) is 22.1 Å². The van der Waals surface area contributed by atoms with Crippen molar-refractivity contribution in [2.24, 2.45) is 0 Å². The van der Waals surface area contributed by atoms with E-state index >= 15 is 0 Å². The highest BCUT2D eigenvalue weighted by Crippen LogP contribution is 2.28. The van der Waals surface area contributed by atoms with Gasteiger partial charge in [-0.25, -0.2) is 0 Å². The van der Waals surface area contributed by atoms with Crippen molar-refractivity contribution in [1.29, 1.82) is 0 Å². The Morgan fingerprint density at radius 2 is 1.61 bits per heavy atom. The summed E-state index contributed by atoms with van der Waals surface area (Å²) in [7, 11) is 0. The number of halogens is 2. The van der Waals surface area contributed by atoms with Gasteiger partial charge in [0.2, 0.25) is 11.0 Å². The molecule has 0 radical (unpaired) electrons. The molecule has 0 bridgehead atoms. The van der Waals surface area contributed by atoms with Crippen LogP contribution in [0.25, 0.3) is 10.6 Å². The molecule has 2 N–H and O–H groups in total. The van der Waals surface area contributed by atoms with Gasteiger partial charge >= 0.3 is 0 Å². The van der Waals surface area contributed by atoms with Crippen LogP contribution in [0, 0.1) is 0 Å². The molecule has 4 aromatic rings. The summed E-state index contributed by atoms with van der Waals surface area (Å²) < 4.78 is 1.71. The number of nitrogens with one attached hydrogen (secondary N) is 2. The minimum absolute atomic E-state index is 0.334. The Labute approximate surface area is 211 Å². The minimum Gasteiger partial charge on any atom is -0.340 e. The Bertz CT molecular complexity index is 1280. The quantitative estimate of drug-likeness (QED) is 0.291. The highest BCUT2D eigenvalue weighted by molar-refractivity contribution is 9.10. The molecule has 0 aliphatic heterocycles. The lowest BCUT2D eigenvalue weighted by atomic mass is 10.0. The van der Waals surface area contributed by atoms with Crippen molar-refractivity contribution in [2.45, 2.75) is 12.5 Å². The highest BCUT2D eigenvalue weighted by Gasteiger charge is 2.23. The topological polar surface area (TPSA) is 84.0 Å². The van der Waals surface area contributed by atoms with Crippen LogP contribution in [0.15, 0.2) is 87.8 Å². The third kappa shape index (κ3) is 6.34. The molecule has 0 saturated heterocycles. The molecule has 0 fully saturated rings. The zero-order valence-corrected chi connectivity index (χ0v) is 21.2. The van der Waals surface area contributed by atoms with E-state index in [-0.39, 0.29) is 11.8 Å². The molecule has 0 spiro atoms. The number of hydrogen-bond donors (Lipinski definition) is 2. The molecular formula is C24H18Br2N4O2S. The molecule has 1 aromatic heterocycles. The average molecular weight is 586 g/mol. The summed E-state index contributed by atoms with van der Waals surface area (Å²) >= 11 is 8.09. The van der Waals surface area contributed by atoms with Crippen LogP contribution < -0.4 is 10.6 Å². The SMILES string of the molecule is O=C(NC(Cc1ccccc1)C(=O)Nc1nnc(-c2cccc(Br)c2)s1)c1cccc(Br)c1. The summed E-state index contributed by atoms with van der Waals surface area (Å²) in [6.45, 7) is 0. The first kappa shape index (κ1) is 23.3. The first-order valence-electron chi connectivity index (χ1n) is 9.98. The van der Waals surface area contributed by atoms with E-state index in [2.05, 4.69) is 52.7 Å². The van der Waals surface area contributed by atoms with Gasteiger partial charge in [-0.3, -0.25) is 14.9 Å². The van der Waals surface area contributed by atoms with Crippen LogP contribution >= 0.6 is 43.2 Å². The molecule has 6 nitrogen and oxygen atoms in total. The van der Waals surface area contributed by atoms with Gasteiger partial charge in [0.1, 0.15) is 11.0 Å². The van der Waals surface area contributed by atoms with Crippen LogP contribution in [-0.2, 0) is 11.2 Å². The summed E-state index contributed by atoms with van der Waals surface area (Å²) in [6.07, 6.45) is 0.337. The largest absolute Gasteiger partial charge is 0.340 e. The number of carbonyl (C=O) groups excluding carboxylic acids is 2. The first-order chi connectivity index (χ1) is 16.0. The second kappa shape index (κ2) is 10.8. The zero-order chi connectivity index (χ0) is 23.2. The molecule has 1 unspecified atom stereocenters. The summed E-state index contributed by atoms with van der Waals surface area (Å²) in [5, 5.41) is 15.0. The molecule has 0 saturated carbocycles. The number of benzene rings is 3. The van der Waals surface area contributed by atoms with Crippen LogP contribution in [-0.4, -0.2) is 28.1 Å². The van der Waals surface area contributed by atoms with Crippen LogP contribution in [0.5, 0.6) is 0 Å². The summed E-state index contributed by atoms with van der Waals surface area (Å²) in [5.41, 5.74) is 2.29. The van der Waals surface area contributed by atoms with E-state index in [1.807, 2.05) is 60.7 Å². The third-order valence-electron chi connectivity index (χ3n) is 4.72. The highest BCUT2D eigenvalue weighted by atomic mass is 79.9. The van der Waals surface area contributed by atoms with Gasteiger partial charge in [-0.15, -0.1) is 10.2 Å². The molecule has 33 heavy (non-hydrogen) atoms. The Kier molecular flexibility index (Phi) is 7.64. The van der Waals surface area contributed by atoms with Gasteiger partial charge in [0, 0.05) is 26.5 Å².